The van der Waals surface area contributed by atoms with Crippen molar-refractivity contribution in [3.05, 3.63) is 46.4 Å². The molecule has 1 aliphatic rings. The van der Waals surface area contributed by atoms with Gasteiger partial charge in [0.2, 0.25) is 6.79 Å². The van der Waals surface area contributed by atoms with Crippen LogP contribution in [0.15, 0.2) is 40.9 Å². The molecule has 0 bridgehead atoms. The number of esters is 1. The van der Waals surface area contributed by atoms with Gasteiger partial charge >= 0.3 is 5.97 Å². The number of carbonyl (C=O) groups is 2. The lowest BCUT2D eigenvalue weighted by Gasteiger charge is -2.14. The smallest absolute Gasteiger partial charge is 0.342 e. The Morgan fingerprint density at radius 2 is 1.96 bits per heavy atom. The molecular weight excluding hydrogens is 394 g/mol. The van der Waals surface area contributed by atoms with E-state index in [0.29, 0.717) is 21.7 Å². The second kappa shape index (κ2) is 7.02. The summed E-state index contributed by atoms with van der Waals surface area (Å²) in [6.45, 7) is 1.58. The summed E-state index contributed by atoms with van der Waals surface area (Å²) in [5, 5.41) is 12.4. The second-order valence-electron chi connectivity index (χ2n) is 5.27. The molecule has 1 atom stereocenters. The summed E-state index contributed by atoms with van der Waals surface area (Å²) in [5.41, 5.74) is 0.458. The predicted octanol–water partition coefficient (Wildman–Crippen LogP) is 3.07. The Hall–Kier alpha value is -2.74. The molecule has 130 valence electrons. The maximum Gasteiger partial charge on any atom is 0.342 e. The third-order valence-corrected chi connectivity index (χ3v) is 3.96. The molecule has 0 aromatic heterocycles. The summed E-state index contributed by atoms with van der Waals surface area (Å²) in [7, 11) is 0. The molecule has 0 unspecified atom stereocenters. The number of nitrogens with one attached hydrogen (secondary N) is 1. The van der Waals surface area contributed by atoms with Crippen molar-refractivity contribution in [3.8, 4) is 17.2 Å². The van der Waals surface area contributed by atoms with E-state index < -0.39 is 18.0 Å². The van der Waals surface area contributed by atoms with E-state index in [2.05, 4.69) is 21.2 Å². The van der Waals surface area contributed by atoms with Crippen molar-refractivity contribution < 1.29 is 28.9 Å². The van der Waals surface area contributed by atoms with Crippen LogP contribution in [0.4, 0.5) is 5.69 Å². The summed E-state index contributed by atoms with van der Waals surface area (Å²) in [4.78, 5) is 24.3. The second-order valence-corrected chi connectivity index (χ2v) is 6.18. The third-order valence-electron chi connectivity index (χ3n) is 3.47. The van der Waals surface area contributed by atoms with Crippen LogP contribution in [0.1, 0.15) is 17.3 Å². The monoisotopic (exact) mass is 407 g/mol. The fourth-order valence-corrected chi connectivity index (χ4v) is 2.53. The maximum absolute atomic E-state index is 12.2. The van der Waals surface area contributed by atoms with Crippen LogP contribution >= 0.6 is 15.9 Å². The first-order valence-corrected chi connectivity index (χ1v) is 8.13. The van der Waals surface area contributed by atoms with Gasteiger partial charge in [-0.15, -0.1) is 0 Å². The molecule has 2 aromatic rings. The molecule has 2 aromatic carbocycles. The number of ether oxygens (including phenoxy) is 3. The number of fused-ring (bicyclic) bond motifs is 1. The molecule has 7 nitrogen and oxygen atoms in total. The van der Waals surface area contributed by atoms with Crippen LogP contribution in [-0.4, -0.2) is 29.9 Å². The minimum absolute atomic E-state index is 0.0305. The lowest BCUT2D eigenvalue weighted by Crippen LogP contribution is -2.30. The lowest BCUT2D eigenvalue weighted by molar-refractivity contribution is -0.123. The molecule has 1 aliphatic heterocycles. The Balaban J connectivity index is 1.64. The Morgan fingerprint density at radius 3 is 2.76 bits per heavy atom. The van der Waals surface area contributed by atoms with Crippen LogP contribution < -0.4 is 14.8 Å². The molecule has 25 heavy (non-hydrogen) atoms. The van der Waals surface area contributed by atoms with Crippen molar-refractivity contribution >= 4 is 33.5 Å². The van der Waals surface area contributed by atoms with Gasteiger partial charge in [0.15, 0.2) is 17.6 Å². The summed E-state index contributed by atoms with van der Waals surface area (Å²) in [6.07, 6.45) is -1.06. The molecule has 0 fully saturated rings. The number of phenolic OH excluding ortho intramolecular Hbond substituents is 1. The normalized spacial score (nSPS) is 13.2. The van der Waals surface area contributed by atoms with E-state index in [1.165, 1.54) is 19.1 Å². The SMILES string of the molecule is C[C@@H](OC(=O)c1cc(Br)ccc1O)C(=O)Nc1ccc2c(c1)OCO2. The van der Waals surface area contributed by atoms with Crippen molar-refractivity contribution in [2.24, 2.45) is 0 Å². The number of hydrogen-bond acceptors (Lipinski definition) is 6. The first kappa shape index (κ1) is 17.1. The van der Waals surface area contributed by atoms with E-state index in [-0.39, 0.29) is 18.1 Å². The minimum atomic E-state index is -1.06. The van der Waals surface area contributed by atoms with Gasteiger partial charge in [-0.1, -0.05) is 15.9 Å². The molecule has 1 amide bonds. The van der Waals surface area contributed by atoms with Crippen molar-refractivity contribution in [1.82, 2.24) is 0 Å². The van der Waals surface area contributed by atoms with Crippen molar-refractivity contribution in [2.75, 3.05) is 12.1 Å². The van der Waals surface area contributed by atoms with Gasteiger partial charge in [0, 0.05) is 16.2 Å². The minimum Gasteiger partial charge on any atom is -0.507 e. The van der Waals surface area contributed by atoms with E-state index in [0.717, 1.165) is 0 Å². The van der Waals surface area contributed by atoms with Gasteiger partial charge < -0.3 is 24.6 Å². The molecule has 3 rings (SSSR count). The van der Waals surface area contributed by atoms with E-state index in [9.17, 15) is 14.7 Å². The molecule has 0 spiro atoms. The zero-order valence-corrected chi connectivity index (χ0v) is 14.7. The third kappa shape index (κ3) is 3.85. The van der Waals surface area contributed by atoms with Crippen molar-refractivity contribution in [2.45, 2.75) is 13.0 Å². The Labute approximate surface area is 151 Å². The van der Waals surface area contributed by atoms with Crippen LogP contribution in [0.25, 0.3) is 0 Å². The molecule has 2 N–H and O–H groups in total. The highest BCUT2D eigenvalue weighted by Crippen LogP contribution is 2.34. The largest absolute Gasteiger partial charge is 0.507 e. The van der Waals surface area contributed by atoms with Gasteiger partial charge in [-0.2, -0.15) is 0 Å². The van der Waals surface area contributed by atoms with Gasteiger partial charge in [0.1, 0.15) is 11.3 Å². The van der Waals surface area contributed by atoms with Gasteiger partial charge in [-0.05, 0) is 37.3 Å². The van der Waals surface area contributed by atoms with E-state index in [4.69, 9.17) is 14.2 Å². The highest BCUT2D eigenvalue weighted by atomic mass is 79.9. The Bertz CT molecular complexity index is 838. The molecule has 1 heterocycles. The average molecular weight is 408 g/mol. The molecule has 0 saturated carbocycles. The summed E-state index contributed by atoms with van der Waals surface area (Å²) < 4.78 is 16.2. The number of anilines is 1. The number of carbonyl (C=O) groups excluding carboxylic acids is 2. The highest BCUT2D eigenvalue weighted by molar-refractivity contribution is 9.10. The Kier molecular flexibility index (Phi) is 4.80. The molecule has 0 radical (unpaired) electrons. The highest BCUT2D eigenvalue weighted by Gasteiger charge is 2.22. The van der Waals surface area contributed by atoms with E-state index in [1.54, 1.807) is 24.3 Å². The van der Waals surface area contributed by atoms with Gasteiger partial charge in [0.05, 0.1) is 0 Å². The number of aromatic hydroxyl groups is 1. The summed E-state index contributed by atoms with van der Waals surface area (Å²) in [5.74, 6) is -0.408. The van der Waals surface area contributed by atoms with Crippen molar-refractivity contribution in [1.29, 1.82) is 0 Å². The topological polar surface area (TPSA) is 94.1 Å². The van der Waals surface area contributed by atoms with E-state index >= 15 is 0 Å². The Morgan fingerprint density at radius 1 is 1.20 bits per heavy atom. The number of hydrogen-bond donors (Lipinski definition) is 2. The predicted molar refractivity (Wildman–Crippen MR) is 91.9 cm³/mol. The summed E-state index contributed by atoms with van der Waals surface area (Å²) in [6, 6.07) is 9.31. The standard InChI is InChI=1S/C17H14BrNO6/c1-9(25-17(22)12-6-10(18)2-4-13(12)20)16(21)19-11-3-5-14-15(7-11)24-8-23-14/h2-7,9,20H,8H2,1H3,(H,19,21)/t9-/m1/s1. The number of halogens is 1. The zero-order valence-electron chi connectivity index (χ0n) is 13.1. The van der Waals surface area contributed by atoms with Crippen LogP contribution in [0, 0.1) is 0 Å². The fraction of sp³-hybridized carbons (Fsp3) is 0.176. The molecule has 0 saturated heterocycles. The molecule has 8 heteroatoms. The number of benzene rings is 2. The van der Waals surface area contributed by atoms with Crippen LogP contribution in [0.3, 0.4) is 0 Å². The zero-order chi connectivity index (χ0) is 18.0. The van der Waals surface area contributed by atoms with Crippen molar-refractivity contribution in [3.63, 3.8) is 0 Å². The van der Waals surface area contributed by atoms with Crippen LogP contribution in [0.5, 0.6) is 17.2 Å². The quantitative estimate of drug-likeness (QED) is 0.756. The first-order valence-electron chi connectivity index (χ1n) is 7.34. The number of rotatable bonds is 4. The fourth-order valence-electron chi connectivity index (χ4n) is 2.17. The van der Waals surface area contributed by atoms with Gasteiger partial charge in [-0.25, -0.2) is 4.79 Å². The maximum atomic E-state index is 12.2. The van der Waals surface area contributed by atoms with Crippen LogP contribution in [-0.2, 0) is 9.53 Å². The molecule has 0 aliphatic carbocycles. The van der Waals surface area contributed by atoms with Gasteiger partial charge in [0.25, 0.3) is 5.91 Å². The van der Waals surface area contributed by atoms with Crippen LogP contribution in [0.2, 0.25) is 0 Å². The lowest BCUT2D eigenvalue weighted by atomic mass is 10.2. The first-order chi connectivity index (χ1) is 11.9. The van der Waals surface area contributed by atoms with E-state index in [1.807, 2.05) is 0 Å². The van der Waals surface area contributed by atoms with Gasteiger partial charge in [-0.3, -0.25) is 4.79 Å². The summed E-state index contributed by atoms with van der Waals surface area (Å²) >= 11 is 3.21. The molecular formula is C17H14BrNO6. The number of phenols is 1. The average Bonchev–Trinajstić information content (AvgIpc) is 3.04. The number of amides is 1.